The third kappa shape index (κ3) is 2.91. The van der Waals surface area contributed by atoms with E-state index < -0.39 is 0 Å². The van der Waals surface area contributed by atoms with Crippen molar-refractivity contribution in [2.24, 2.45) is 5.73 Å². The van der Waals surface area contributed by atoms with Crippen LogP contribution >= 0.6 is 0 Å². The lowest BCUT2D eigenvalue weighted by Crippen LogP contribution is -1.97. The van der Waals surface area contributed by atoms with E-state index in [9.17, 15) is 0 Å². The summed E-state index contributed by atoms with van der Waals surface area (Å²) >= 11 is 0. The van der Waals surface area contributed by atoms with Crippen molar-refractivity contribution in [1.29, 1.82) is 0 Å². The van der Waals surface area contributed by atoms with Gasteiger partial charge in [0.1, 0.15) is 0 Å². The normalized spacial score (nSPS) is 11.8. The number of unbranched alkanes of at least 4 members (excludes halogenated alkanes) is 1. The van der Waals surface area contributed by atoms with Crippen molar-refractivity contribution in [3.05, 3.63) is 47.9 Å². The standard InChI is InChI=1S/C13H18N/c1-4-5-6-13(14)12-8-10(2)7-11(3)9-12/h6-9H,1,4-5,14H2,2-3H3. The van der Waals surface area contributed by atoms with Gasteiger partial charge in [-0.2, -0.15) is 0 Å². The second-order valence-corrected chi connectivity index (χ2v) is 3.68. The van der Waals surface area contributed by atoms with Gasteiger partial charge in [-0.05, 0) is 44.4 Å². The molecule has 1 radical (unpaired) electrons. The molecule has 0 aliphatic carbocycles. The van der Waals surface area contributed by atoms with Gasteiger partial charge in [-0.1, -0.05) is 30.2 Å². The van der Waals surface area contributed by atoms with E-state index in [0.29, 0.717) is 0 Å². The Balaban J connectivity index is 2.95. The summed E-state index contributed by atoms with van der Waals surface area (Å²) in [5.74, 6) is 0. The van der Waals surface area contributed by atoms with Gasteiger partial charge in [-0.25, -0.2) is 0 Å². The molecule has 75 valence electrons. The smallest absolute Gasteiger partial charge is 0.0347 e. The molecule has 0 atom stereocenters. The molecule has 0 saturated carbocycles. The first-order valence-corrected chi connectivity index (χ1v) is 4.97. The van der Waals surface area contributed by atoms with Crippen LogP contribution in [0.3, 0.4) is 0 Å². The van der Waals surface area contributed by atoms with E-state index in [0.717, 1.165) is 24.1 Å². The van der Waals surface area contributed by atoms with Crippen LogP contribution in [0, 0.1) is 20.8 Å². The number of rotatable bonds is 3. The molecule has 1 aromatic rings. The molecule has 0 aromatic heterocycles. The van der Waals surface area contributed by atoms with Crippen molar-refractivity contribution < 1.29 is 0 Å². The highest BCUT2D eigenvalue weighted by Gasteiger charge is 1.97. The summed E-state index contributed by atoms with van der Waals surface area (Å²) in [4.78, 5) is 0. The van der Waals surface area contributed by atoms with E-state index in [1.807, 2.05) is 6.08 Å². The van der Waals surface area contributed by atoms with Crippen molar-refractivity contribution in [3.63, 3.8) is 0 Å². The Hall–Kier alpha value is -1.24. The molecule has 0 unspecified atom stereocenters. The van der Waals surface area contributed by atoms with E-state index in [4.69, 9.17) is 5.73 Å². The van der Waals surface area contributed by atoms with E-state index in [-0.39, 0.29) is 0 Å². The maximum atomic E-state index is 5.95. The summed E-state index contributed by atoms with van der Waals surface area (Å²) in [6, 6.07) is 6.38. The van der Waals surface area contributed by atoms with Crippen molar-refractivity contribution in [1.82, 2.24) is 0 Å². The average molecular weight is 188 g/mol. The minimum atomic E-state index is 0.862. The van der Waals surface area contributed by atoms with Gasteiger partial charge in [0, 0.05) is 5.70 Å². The summed E-state index contributed by atoms with van der Waals surface area (Å²) in [5, 5.41) is 0. The average Bonchev–Trinajstić information content (AvgIpc) is 2.12. The van der Waals surface area contributed by atoms with Crippen molar-refractivity contribution in [3.8, 4) is 0 Å². The minimum absolute atomic E-state index is 0.862. The Kier molecular flexibility index (Phi) is 3.75. The van der Waals surface area contributed by atoms with Crippen LogP contribution in [0.4, 0.5) is 0 Å². The van der Waals surface area contributed by atoms with Gasteiger partial charge in [-0.15, -0.1) is 0 Å². The van der Waals surface area contributed by atoms with Crippen LogP contribution in [-0.4, -0.2) is 0 Å². The number of nitrogens with two attached hydrogens (primary N) is 1. The largest absolute Gasteiger partial charge is 0.399 e. The quantitative estimate of drug-likeness (QED) is 0.774. The first-order chi connectivity index (χ1) is 6.63. The molecule has 2 N–H and O–H groups in total. The maximum absolute atomic E-state index is 5.95. The van der Waals surface area contributed by atoms with Crippen LogP contribution in [-0.2, 0) is 0 Å². The molecular formula is C13H18N. The first kappa shape index (κ1) is 10.8. The summed E-state index contributed by atoms with van der Waals surface area (Å²) in [6.07, 6.45) is 3.88. The van der Waals surface area contributed by atoms with Gasteiger partial charge >= 0.3 is 0 Å². The predicted octanol–water partition coefficient (Wildman–Crippen LogP) is 3.22. The molecule has 1 heteroatoms. The van der Waals surface area contributed by atoms with Crippen molar-refractivity contribution >= 4 is 5.70 Å². The van der Waals surface area contributed by atoms with Gasteiger partial charge in [0.25, 0.3) is 0 Å². The topological polar surface area (TPSA) is 26.0 Å². The molecule has 0 saturated heterocycles. The molecule has 0 bridgehead atoms. The van der Waals surface area contributed by atoms with E-state index in [1.165, 1.54) is 11.1 Å². The summed E-state index contributed by atoms with van der Waals surface area (Å²) in [5.41, 5.74) is 10.4. The van der Waals surface area contributed by atoms with Crippen LogP contribution < -0.4 is 5.73 Å². The van der Waals surface area contributed by atoms with Crippen molar-refractivity contribution in [2.75, 3.05) is 0 Å². The Morgan fingerprint density at radius 3 is 2.36 bits per heavy atom. The summed E-state index contributed by atoms with van der Waals surface area (Å²) in [7, 11) is 0. The third-order valence-electron chi connectivity index (χ3n) is 2.12. The van der Waals surface area contributed by atoms with E-state index >= 15 is 0 Å². The van der Waals surface area contributed by atoms with E-state index in [2.05, 4.69) is 39.0 Å². The van der Waals surface area contributed by atoms with E-state index in [1.54, 1.807) is 0 Å². The number of aryl methyl sites for hydroxylation is 2. The number of benzene rings is 1. The van der Waals surface area contributed by atoms with Crippen LogP contribution in [0.2, 0.25) is 0 Å². The fraction of sp³-hybridized carbons (Fsp3) is 0.308. The second-order valence-electron chi connectivity index (χ2n) is 3.68. The highest BCUT2D eigenvalue weighted by Crippen LogP contribution is 2.14. The van der Waals surface area contributed by atoms with Gasteiger partial charge in [-0.3, -0.25) is 0 Å². The molecule has 0 fully saturated rings. The summed E-state index contributed by atoms with van der Waals surface area (Å²) < 4.78 is 0. The maximum Gasteiger partial charge on any atom is 0.0347 e. The number of hydrogen-bond acceptors (Lipinski definition) is 1. The molecule has 1 rings (SSSR count). The van der Waals surface area contributed by atoms with Crippen LogP contribution in [0.5, 0.6) is 0 Å². The van der Waals surface area contributed by atoms with Gasteiger partial charge in [0.2, 0.25) is 0 Å². The Bertz CT molecular complexity index is 317. The Morgan fingerprint density at radius 2 is 1.86 bits per heavy atom. The molecule has 0 heterocycles. The molecule has 1 nitrogen and oxygen atoms in total. The lowest BCUT2D eigenvalue weighted by Gasteiger charge is -2.05. The summed E-state index contributed by atoms with van der Waals surface area (Å²) in [6.45, 7) is 7.96. The monoisotopic (exact) mass is 188 g/mol. The molecular weight excluding hydrogens is 170 g/mol. The van der Waals surface area contributed by atoms with Gasteiger partial charge < -0.3 is 5.73 Å². The van der Waals surface area contributed by atoms with Gasteiger partial charge in [0.05, 0.1) is 0 Å². The van der Waals surface area contributed by atoms with Gasteiger partial charge in [0.15, 0.2) is 0 Å². The molecule has 0 aliphatic heterocycles. The predicted molar refractivity (Wildman–Crippen MR) is 62.7 cm³/mol. The molecule has 1 aromatic carbocycles. The zero-order valence-corrected chi connectivity index (χ0v) is 9.01. The SMILES string of the molecule is [CH2]CCC=C(N)c1cc(C)cc(C)c1. The third-order valence-corrected chi connectivity index (χ3v) is 2.12. The Morgan fingerprint density at radius 1 is 1.29 bits per heavy atom. The van der Waals surface area contributed by atoms with Crippen LogP contribution in [0.1, 0.15) is 29.5 Å². The molecule has 0 amide bonds. The van der Waals surface area contributed by atoms with Crippen LogP contribution in [0.25, 0.3) is 5.70 Å². The van der Waals surface area contributed by atoms with Crippen molar-refractivity contribution in [2.45, 2.75) is 26.7 Å². The zero-order valence-electron chi connectivity index (χ0n) is 9.01. The fourth-order valence-electron chi connectivity index (χ4n) is 1.52. The number of hydrogen-bond donors (Lipinski definition) is 1. The first-order valence-electron chi connectivity index (χ1n) is 4.97. The second kappa shape index (κ2) is 4.85. The lowest BCUT2D eigenvalue weighted by molar-refractivity contribution is 1.05. The zero-order chi connectivity index (χ0) is 10.6. The highest BCUT2D eigenvalue weighted by molar-refractivity contribution is 5.63. The molecule has 0 aliphatic rings. The lowest BCUT2D eigenvalue weighted by atomic mass is 10.0. The minimum Gasteiger partial charge on any atom is -0.399 e. The highest BCUT2D eigenvalue weighted by atomic mass is 14.6. The van der Waals surface area contributed by atoms with Crippen LogP contribution in [0.15, 0.2) is 24.3 Å². The fourth-order valence-corrected chi connectivity index (χ4v) is 1.52. The Labute approximate surface area is 86.6 Å². The molecule has 14 heavy (non-hydrogen) atoms. The molecule has 0 spiro atoms. The number of allylic oxidation sites excluding steroid dienone is 1.